The highest BCUT2D eigenvalue weighted by atomic mass is 32.2. The van der Waals surface area contributed by atoms with Gasteiger partial charge in [-0.1, -0.05) is 30.3 Å². The number of amides is 1. The summed E-state index contributed by atoms with van der Waals surface area (Å²) in [6.45, 7) is 0. The normalized spacial score (nSPS) is 13.4. The molecule has 21 heavy (non-hydrogen) atoms. The van der Waals surface area contributed by atoms with E-state index in [1.807, 2.05) is 30.3 Å². The summed E-state index contributed by atoms with van der Waals surface area (Å²) < 4.78 is 11.5. The fraction of sp³-hybridized carbons (Fsp3) is 0.200. The van der Waals surface area contributed by atoms with Crippen LogP contribution < -0.4 is 10.9 Å². The molecule has 0 saturated carbocycles. The van der Waals surface area contributed by atoms with E-state index in [9.17, 15) is 13.8 Å². The number of nitrogens with one attached hydrogen (secondary N) is 2. The summed E-state index contributed by atoms with van der Waals surface area (Å²) in [5.41, 5.74) is 0.452. The molecule has 0 fully saturated rings. The number of rotatable bonds is 5. The van der Waals surface area contributed by atoms with Crippen LogP contribution in [-0.4, -0.2) is 27.1 Å². The average molecular weight is 304 g/mol. The molecular weight excluding hydrogens is 288 g/mol. The number of benzene rings is 1. The van der Waals surface area contributed by atoms with Crippen molar-refractivity contribution >= 4 is 16.7 Å². The minimum Gasteiger partial charge on any atom is -0.344 e. The first-order chi connectivity index (χ1) is 10.1. The molecule has 0 radical (unpaired) electrons. The Morgan fingerprint density at radius 2 is 1.95 bits per heavy atom. The lowest BCUT2D eigenvalue weighted by atomic mass is 10.1. The smallest absolute Gasteiger partial charge is 0.260 e. The maximum absolute atomic E-state index is 12.2. The zero-order chi connectivity index (χ0) is 15.2. The van der Waals surface area contributed by atoms with E-state index in [4.69, 9.17) is 0 Å². The fourth-order valence-electron chi connectivity index (χ4n) is 1.98. The molecule has 6 heteroatoms. The standard InChI is InChI=1S/C15H16N2O3S/c1-21(20)10-13(11-6-3-2-4-7-11)17-15(19)12-8-5-9-16-14(12)18/h2-9,13H,10H2,1H3,(H,16,18)(H,17,19)/t13-,21-/m1/s1. The molecule has 0 unspecified atom stereocenters. The van der Waals surface area contributed by atoms with Crippen LogP contribution in [0.5, 0.6) is 0 Å². The van der Waals surface area contributed by atoms with E-state index in [1.165, 1.54) is 12.3 Å². The van der Waals surface area contributed by atoms with Gasteiger partial charge < -0.3 is 10.3 Å². The van der Waals surface area contributed by atoms with E-state index in [0.717, 1.165) is 5.56 Å². The Kier molecular flexibility index (Phi) is 5.05. The molecule has 5 nitrogen and oxygen atoms in total. The number of hydrogen-bond acceptors (Lipinski definition) is 3. The Balaban J connectivity index is 2.23. The molecule has 2 aromatic rings. The van der Waals surface area contributed by atoms with Crippen molar-refractivity contribution in [1.29, 1.82) is 0 Å². The van der Waals surface area contributed by atoms with Gasteiger partial charge in [0.2, 0.25) is 0 Å². The summed E-state index contributed by atoms with van der Waals surface area (Å²) in [6, 6.07) is 11.9. The summed E-state index contributed by atoms with van der Waals surface area (Å²) in [5, 5.41) is 2.77. The number of H-pyrrole nitrogens is 1. The van der Waals surface area contributed by atoms with Crippen molar-refractivity contribution in [2.45, 2.75) is 6.04 Å². The molecule has 0 aliphatic heterocycles. The Bertz CT molecular complexity index is 697. The van der Waals surface area contributed by atoms with Gasteiger partial charge in [0.1, 0.15) is 5.56 Å². The monoisotopic (exact) mass is 304 g/mol. The predicted octanol–water partition coefficient (Wildman–Crippen LogP) is 1.22. The Hall–Kier alpha value is -2.21. The molecule has 1 aromatic carbocycles. The second-order valence-electron chi connectivity index (χ2n) is 4.59. The topological polar surface area (TPSA) is 79.0 Å². The molecule has 1 amide bonds. The summed E-state index contributed by atoms with van der Waals surface area (Å²) >= 11 is 0. The van der Waals surface area contributed by atoms with Crippen LogP contribution in [0.15, 0.2) is 53.5 Å². The van der Waals surface area contributed by atoms with Crippen molar-refractivity contribution in [3.8, 4) is 0 Å². The lowest BCUT2D eigenvalue weighted by molar-refractivity contribution is 0.0939. The van der Waals surface area contributed by atoms with Crippen molar-refractivity contribution < 1.29 is 9.00 Å². The molecule has 1 heterocycles. The van der Waals surface area contributed by atoms with Crippen molar-refractivity contribution in [3.05, 3.63) is 70.1 Å². The number of carbonyl (C=O) groups excluding carboxylic acids is 1. The van der Waals surface area contributed by atoms with Crippen molar-refractivity contribution in [2.24, 2.45) is 0 Å². The summed E-state index contributed by atoms with van der Waals surface area (Å²) in [7, 11) is -1.07. The van der Waals surface area contributed by atoms with Gasteiger partial charge in [0.05, 0.1) is 6.04 Å². The second kappa shape index (κ2) is 6.99. The van der Waals surface area contributed by atoms with Crippen molar-refractivity contribution in [1.82, 2.24) is 10.3 Å². The molecule has 0 bridgehead atoms. The predicted molar refractivity (Wildman–Crippen MR) is 82.6 cm³/mol. The van der Waals surface area contributed by atoms with Crippen LogP contribution in [0.2, 0.25) is 0 Å². The summed E-state index contributed by atoms with van der Waals surface area (Å²) in [5.74, 6) is -0.184. The first kappa shape index (κ1) is 15.2. The van der Waals surface area contributed by atoms with Crippen LogP contribution in [0.3, 0.4) is 0 Å². The van der Waals surface area contributed by atoms with Gasteiger partial charge in [-0.15, -0.1) is 0 Å². The van der Waals surface area contributed by atoms with Gasteiger partial charge in [-0.2, -0.15) is 0 Å². The number of aromatic amines is 1. The highest BCUT2D eigenvalue weighted by Crippen LogP contribution is 2.14. The summed E-state index contributed by atoms with van der Waals surface area (Å²) in [6.07, 6.45) is 3.05. The first-order valence-corrected chi connectivity index (χ1v) is 8.14. The minimum absolute atomic E-state index is 0.0420. The molecule has 2 rings (SSSR count). The molecule has 110 valence electrons. The van der Waals surface area contributed by atoms with Gasteiger partial charge in [0.25, 0.3) is 11.5 Å². The zero-order valence-corrected chi connectivity index (χ0v) is 12.4. The van der Waals surface area contributed by atoms with Gasteiger partial charge >= 0.3 is 0 Å². The molecule has 0 spiro atoms. The van der Waals surface area contributed by atoms with Crippen LogP contribution in [0, 0.1) is 0 Å². The minimum atomic E-state index is -1.07. The highest BCUT2D eigenvalue weighted by molar-refractivity contribution is 7.84. The van der Waals surface area contributed by atoms with E-state index in [2.05, 4.69) is 10.3 Å². The molecular formula is C15H16N2O3S. The lowest BCUT2D eigenvalue weighted by Crippen LogP contribution is -2.35. The molecule has 0 aliphatic rings. The first-order valence-electron chi connectivity index (χ1n) is 6.41. The second-order valence-corrected chi connectivity index (χ2v) is 6.07. The third-order valence-corrected chi connectivity index (χ3v) is 3.77. The third-order valence-electron chi connectivity index (χ3n) is 2.97. The van der Waals surface area contributed by atoms with Crippen molar-refractivity contribution in [2.75, 3.05) is 12.0 Å². The van der Waals surface area contributed by atoms with Crippen LogP contribution in [0.4, 0.5) is 0 Å². The Morgan fingerprint density at radius 1 is 1.24 bits per heavy atom. The highest BCUT2D eigenvalue weighted by Gasteiger charge is 2.18. The fourth-order valence-corrected chi connectivity index (χ4v) is 2.72. The SMILES string of the molecule is C[S@@](=O)C[C@@H](NC(=O)c1ccc[nH]c1=O)c1ccccc1. The number of hydrogen-bond donors (Lipinski definition) is 2. The summed E-state index contributed by atoms with van der Waals surface area (Å²) in [4.78, 5) is 26.3. The third kappa shape index (κ3) is 4.13. The van der Waals surface area contributed by atoms with Gasteiger partial charge in [-0.05, 0) is 17.7 Å². The average Bonchev–Trinajstić information content (AvgIpc) is 2.47. The van der Waals surface area contributed by atoms with Crippen LogP contribution in [-0.2, 0) is 10.8 Å². The lowest BCUT2D eigenvalue weighted by Gasteiger charge is -2.18. The van der Waals surface area contributed by atoms with E-state index < -0.39 is 28.3 Å². The van der Waals surface area contributed by atoms with Gasteiger partial charge in [-0.3, -0.25) is 13.8 Å². The van der Waals surface area contributed by atoms with Gasteiger partial charge in [-0.25, -0.2) is 0 Å². The van der Waals surface area contributed by atoms with Crippen LogP contribution >= 0.6 is 0 Å². The molecule has 2 N–H and O–H groups in total. The van der Waals surface area contributed by atoms with E-state index in [1.54, 1.807) is 12.3 Å². The zero-order valence-electron chi connectivity index (χ0n) is 11.5. The maximum atomic E-state index is 12.2. The van der Waals surface area contributed by atoms with Crippen molar-refractivity contribution in [3.63, 3.8) is 0 Å². The largest absolute Gasteiger partial charge is 0.344 e. The number of carbonyl (C=O) groups is 1. The molecule has 1 aromatic heterocycles. The molecule has 0 saturated heterocycles. The van der Waals surface area contributed by atoms with E-state index in [-0.39, 0.29) is 5.56 Å². The van der Waals surface area contributed by atoms with E-state index in [0.29, 0.717) is 5.75 Å². The Labute approximate surface area is 124 Å². The molecule has 2 atom stereocenters. The van der Waals surface area contributed by atoms with Gasteiger partial charge in [0.15, 0.2) is 0 Å². The number of aromatic nitrogens is 1. The maximum Gasteiger partial charge on any atom is 0.260 e. The van der Waals surface area contributed by atoms with Crippen LogP contribution in [0.1, 0.15) is 22.0 Å². The molecule has 0 aliphatic carbocycles. The Morgan fingerprint density at radius 3 is 2.57 bits per heavy atom. The quantitative estimate of drug-likeness (QED) is 0.872. The van der Waals surface area contributed by atoms with Crippen LogP contribution in [0.25, 0.3) is 0 Å². The van der Waals surface area contributed by atoms with E-state index >= 15 is 0 Å². The number of pyridine rings is 1. The van der Waals surface area contributed by atoms with Gasteiger partial charge in [0, 0.05) is 29.0 Å².